The summed E-state index contributed by atoms with van der Waals surface area (Å²) in [6, 6.07) is 8.88. The predicted octanol–water partition coefficient (Wildman–Crippen LogP) is 1.55. The molecular formula is C16H14N4O5S. The van der Waals surface area contributed by atoms with Crippen LogP contribution in [0, 0.1) is 0 Å². The zero-order chi connectivity index (χ0) is 18.6. The molecule has 1 amide bonds. The number of anilines is 1. The molecule has 0 spiro atoms. The van der Waals surface area contributed by atoms with Crippen molar-refractivity contribution in [1.82, 2.24) is 15.2 Å². The Kier molecular flexibility index (Phi) is 4.94. The number of pyridine rings is 1. The molecule has 0 radical (unpaired) electrons. The second-order valence-corrected chi connectivity index (χ2v) is 7.12. The highest BCUT2D eigenvalue weighted by molar-refractivity contribution is 7.92. The maximum absolute atomic E-state index is 12.3. The van der Waals surface area contributed by atoms with Crippen LogP contribution in [0.5, 0.6) is 5.75 Å². The molecule has 134 valence electrons. The van der Waals surface area contributed by atoms with Crippen molar-refractivity contribution in [3.8, 4) is 17.2 Å². The molecule has 2 aromatic heterocycles. The molecule has 9 nitrogen and oxygen atoms in total. The molecule has 10 heteroatoms. The lowest BCUT2D eigenvalue weighted by Gasteiger charge is -2.05. The van der Waals surface area contributed by atoms with Gasteiger partial charge in [0.25, 0.3) is 0 Å². The lowest BCUT2D eigenvalue weighted by molar-refractivity contribution is -0.114. The van der Waals surface area contributed by atoms with Crippen molar-refractivity contribution in [2.45, 2.75) is 4.90 Å². The van der Waals surface area contributed by atoms with Crippen molar-refractivity contribution >= 4 is 21.8 Å². The minimum atomic E-state index is -3.82. The monoisotopic (exact) mass is 374 g/mol. The van der Waals surface area contributed by atoms with Crippen LogP contribution in [-0.2, 0) is 14.6 Å². The van der Waals surface area contributed by atoms with Gasteiger partial charge >= 0.3 is 6.01 Å². The standard InChI is InChI=1S/C16H14N4O5S/c1-24-12-2-4-13(5-3-12)26(22,23)10-14(21)18-16-20-19-15(25-16)11-6-8-17-9-7-11/h2-9H,10H2,1H3,(H,18,20,21). The average molecular weight is 374 g/mol. The summed E-state index contributed by atoms with van der Waals surface area (Å²) in [4.78, 5) is 15.9. The number of aromatic nitrogens is 3. The van der Waals surface area contributed by atoms with E-state index in [1.165, 1.54) is 31.4 Å². The van der Waals surface area contributed by atoms with E-state index in [4.69, 9.17) is 9.15 Å². The molecule has 3 aromatic rings. The van der Waals surface area contributed by atoms with Crippen LogP contribution >= 0.6 is 0 Å². The van der Waals surface area contributed by atoms with Gasteiger partial charge in [0.05, 0.1) is 12.0 Å². The molecule has 0 unspecified atom stereocenters. The number of carbonyl (C=O) groups excluding carboxylic acids is 1. The first-order valence-corrected chi connectivity index (χ1v) is 9.04. The van der Waals surface area contributed by atoms with Crippen LogP contribution in [0.15, 0.2) is 58.1 Å². The molecule has 1 aromatic carbocycles. The Balaban J connectivity index is 1.67. The molecule has 0 saturated heterocycles. The van der Waals surface area contributed by atoms with E-state index in [9.17, 15) is 13.2 Å². The first-order valence-electron chi connectivity index (χ1n) is 7.38. The number of methoxy groups -OCH3 is 1. The predicted molar refractivity (Wildman–Crippen MR) is 91.2 cm³/mol. The van der Waals surface area contributed by atoms with E-state index in [0.29, 0.717) is 11.3 Å². The molecule has 1 N–H and O–H groups in total. The lowest BCUT2D eigenvalue weighted by Crippen LogP contribution is -2.23. The fourth-order valence-corrected chi connectivity index (χ4v) is 3.21. The van der Waals surface area contributed by atoms with Crippen LogP contribution in [-0.4, -0.2) is 42.4 Å². The molecule has 0 atom stereocenters. The fourth-order valence-electron chi connectivity index (χ4n) is 2.08. The van der Waals surface area contributed by atoms with Crippen LogP contribution in [0.4, 0.5) is 6.01 Å². The normalized spacial score (nSPS) is 11.1. The molecule has 0 aliphatic heterocycles. The van der Waals surface area contributed by atoms with Gasteiger partial charge in [-0.05, 0) is 36.4 Å². The van der Waals surface area contributed by atoms with E-state index in [2.05, 4.69) is 20.5 Å². The molecule has 3 rings (SSSR count). The third-order valence-corrected chi connectivity index (χ3v) is 4.97. The fraction of sp³-hybridized carbons (Fsp3) is 0.125. The number of amides is 1. The number of sulfone groups is 1. The van der Waals surface area contributed by atoms with Crippen molar-refractivity contribution in [2.75, 3.05) is 18.2 Å². The Bertz CT molecular complexity index is 1000. The van der Waals surface area contributed by atoms with Crippen molar-refractivity contribution in [1.29, 1.82) is 0 Å². The Morgan fingerprint density at radius 3 is 2.46 bits per heavy atom. The quantitative estimate of drug-likeness (QED) is 0.689. The summed E-state index contributed by atoms with van der Waals surface area (Å²) >= 11 is 0. The van der Waals surface area contributed by atoms with E-state index >= 15 is 0 Å². The summed E-state index contributed by atoms with van der Waals surface area (Å²) in [7, 11) is -2.34. The number of ether oxygens (including phenoxy) is 1. The Morgan fingerprint density at radius 2 is 1.81 bits per heavy atom. The summed E-state index contributed by atoms with van der Waals surface area (Å²) in [5.74, 6) is -0.846. The third-order valence-electron chi connectivity index (χ3n) is 3.34. The van der Waals surface area contributed by atoms with Gasteiger partial charge in [0.15, 0.2) is 9.84 Å². The van der Waals surface area contributed by atoms with E-state index in [-0.39, 0.29) is 16.8 Å². The number of nitrogens with zero attached hydrogens (tertiary/aromatic N) is 3. The Hall–Kier alpha value is -3.27. The van der Waals surface area contributed by atoms with Crippen molar-refractivity contribution in [3.63, 3.8) is 0 Å². The number of rotatable bonds is 6. The van der Waals surface area contributed by atoms with Gasteiger partial charge < -0.3 is 9.15 Å². The summed E-state index contributed by atoms with van der Waals surface area (Å²) < 4.78 is 34.8. The minimum Gasteiger partial charge on any atom is -0.497 e. The van der Waals surface area contributed by atoms with Crippen molar-refractivity contribution in [3.05, 3.63) is 48.8 Å². The second kappa shape index (κ2) is 7.31. The Morgan fingerprint density at radius 1 is 1.12 bits per heavy atom. The zero-order valence-corrected chi connectivity index (χ0v) is 14.4. The van der Waals surface area contributed by atoms with E-state index in [1.54, 1.807) is 24.5 Å². The third kappa shape index (κ3) is 4.03. The highest BCUT2D eigenvalue weighted by Gasteiger charge is 2.21. The SMILES string of the molecule is COc1ccc(S(=O)(=O)CC(=O)Nc2nnc(-c3ccncc3)o2)cc1. The average Bonchev–Trinajstić information content (AvgIpc) is 3.10. The molecule has 26 heavy (non-hydrogen) atoms. The van der Waals surface area contributed by atoms with E-state index in [1.807, 2.05) is 0 Å². The maximum Gasteiger partial charge on any atom is 0.322 e. The van der Waals surface area contributed by atoms with Crippen LogP contribution < -0.4 is 10.1 Å². The van der Waals surface area contributed by atoms with Crippen LogP contribution in [0.25, 0.3) is 11.5 Å². The smallest absolute Gasteiger partial charge is 0.322 e. The van der Waals surface area contributed by atoms with Crippen LogP contribution in [0.3, 0.4) is 0 Å². The lowest BCUT2D eigenvalue weighted by atomic mass is 10.3. The first-order chi connectivity index (χ1) is 12.5. The molecule has 2 heterocycles. The van der Waals surface area contributed by atoms with Gasteiger partial charge in [-0.25, -0.2) is 8.42 Å². The highest BCUT2D eigenvalue weighted by atomic mass is 32.2. The van der Waals surface area contributed by atoms with Crippen molar-refractivity contribution in [2.24, 2.45) is 0 Å². The maximum atomic E-state index is 12.3. The van der Waals surface area contributed by atoms with Crippen molar-refractivity contribution < 1.29 is 22.4 Å². The number of benzene rings is 1. The molecule has 0 aliphatic rings. The highest BCUT2D eigenvalue weighted by Crippen LogP contribution is 2.19. The van der Waals surface area contributed by atoms with Gasteiger partial charge in [-0.15, -0.1) is 5.10 Å². The van der Waals surface area contributed by atoms with Gasteiger partial charge in [0.2, 0.25) is 11.8 Å². The summed E-state index contributed by atoms with van der Waals surface area (Å²) in [5.41, 5.74) is 0.624. The van der Waals surface area contributed by atoms with Crippen LogP contribution in [0.1, 0.15) is 0 Å². The van der Waals surface area contributed by atoms with Gasteiger partial charge in [-0.1, -0.05) is 5.10 Å². The summed E-state index contributed by atoms with van der Waals surface area (Å²) in [6.07, 6.45) is 3.11. The molecule has 0 bridgehead atoms. The summed E-state index contributed by atoms with van der Waals surface area (Å²) in [5, 5.41) is 9.75. The molecule has 0 fully saturated rings. The number of nitrogens with one attached hydrogen (secondary N) is 1. The van der Waals surface area contributed by atoms with Gasteiger partial charge in [-0.2, -0.15) is 0 Å². The minimum absolute atomic E-state index is 0.0106. The molecule has 0 saturated carbocycles. The van der Waals surface area contributed by atoms with Gasteiger partial charge in [-0.3, -0.25) is 15.1 Å². The number of hydrogen-bond acceptors (Lipinski definition) is 8. The first kappa shape index (κ1) is 17.5. The van der Waals surface area contributed by atoms with Gasteiger partial charge in [0, 0.05) is 18.0 Å². The largest absolute Gasteiger partial charge is 0.497 e. The van der Waals surface area contributed by atoms with E-state index in [0.717, 1.165) is 0 Å². The van der Waals surface area contributed by atoms with Gasteiger partial charge in [0.1, 0.15) is 11.5 Å². The topological polar surface area (TPSA) is 124 Å². The Labute approximate surface area is 149 Å². The zero-order valence-electron chi connectivity index (χ0n) is 13.6. The summed E-state index contributed by atoms with van der Waals surface area (Å²) in [6.45, 7) is 0. The number of carbonyl (C=O) groups is 1. The van der Waals surface area contributed by atoms with Crippen LogP contribution in [0.2, 0.25) is 0 Å². The molecule has 0 aliphatic carbocycles. The number of hydrogen-bond donors (Lipinski definition) is 1. The molecular weight excluding hydrogens is 360 g/mol. The van der Waals surface area contributed by atoms with E-state index < -0.39 is 21.5 Å². The second-order valence-electron chi connectivity index (χ2n) is 5.13.